The number of amides is 2. The number of piperidine rings is 1. The van der Waals surface area contributed by atoms with E-state index < -0.39 is 0 Å². The number of guanidine groups is 1. The highest BCUT2D eigenvalue weighted by Gasteiger charge is 2.27. The number of carbonyl (C=O) groups excluding carboxylic acids is 2. The van der Waals surface area contributed by atoms with Crippen LogP contribution in [-0.4, -0.2) is 68.1 Å². The average Bonchev–Trinajstić information content (AvgIpc) is 3.29. The van der Waals surface area contributed by atoms with Crippen LogP contribution in [0.25, 0.3) is 0 Å². The largest absolute Gasteiger partial charge is 0.469 e. The quantitative estimate of drug-likeness (QED) is 0.459. The van der Waals surface area contributed by atoms with Crippen molar-refractivity contribution in [1.82, 2.24) is 15.1 Å². The molecule has 8 heteroatoms. The van der Waals surface area contributed by atoms with Gasteiger partial charge in [0, 0.05) is 45.5 Å². The van der Waals surface area contributed by atoms with Crippen LogP contribution in [0.3, 0.4) is 0 Å². The molecule has 0 atom stereocenters. The van der Waals surface area contributed by atoms with Crippen LogP contribution in [0.15, 0.2) is 29.3 Å². The first-order chi connectivity index (χ1) is 14.1. The van der Waals surface area contributed by atoms with Crippen LogP contribution in [-0.2, 0) is 16.1 Å². The van der Waals surface area contributed by atoms with Gasteiger partial charge < -0.3 is 25.2 Å². The molecule has 2 heterocycles. The number of rotatable bonds is 4. The van der Waals surface area contributed by atoms with E-state index in [9.17, 15) is 9.59 Å². The third-order valence-electron chi connectivity index (χ3n) is 5.56. The van der Waals surface area contributed by atoms with Crippen molar-refractivity contribution in [2.75, 3.05) is 45.7 Å². The van der Waals surface area contributed by atoms with E-state index in [0.717, 1.165) is 69.1 Å². The number of methoxy groups -OCH3 is 1. The van der Waals surface area contributed by atoms with Gasteiger partial charge in [-0.25, -0.2) is 4.79 Å². The maximum absolute atomic E-state index is 12.3. The lowest BCUT2D eigenvalue weighted by Crippen LogP contribution is -2.46. The van der Waals surface area contributed by atoms with Crippen molar-refractivity contribution in [1.29, 1.82) is 0 Å². The van der Waals surface area contributed by atoms with E-state index in [4.69, 9.17) is 4.74 Å². The minimum absolute atomic E-state index is 0.0229. The summed E-state index contributed by atoms with van der Waals surface area (Å²) in [4.78, 5) is 32.4. The van der Waals surface area contributed by atoms with Crippen LogP contribution in [0, 0.1) is 5.92 Å². The Morgan fingerprint density at radius 3 is 2.52 bits per heavy atom. The summed E-state index contributed by atoms with van der Waals surface area (Å²) in [6.07, 6.45) is 3.69. The molecule has 1 aromatic carbocycles. The average molecular weight is 402 g/mol. The van der Waals surface area contributed by atoms with Crippen molar-refractivity contribution < 1.29 is 14.3 Å². The van der Waals surface area contributed by atoms with Gasteiger partial charge >= 0.3 is 12.0 Å². The second-order valence-electron chi connectivity index (χ2n) is 7.51. The summed E-state index contributed by atoms with van der Waals surface area (Å²) in [5, 5.41) is 6.37. The van der Waals surface area contributed by atoms with E-state index in [0.29, 0.717) is 6.54 Å². The number of anilines is 1. The maximum atomic E-state index is 12.3. The predicted octanol–water partition coefficient (Wildman–Crippen LogP) is 2.27. The monoisotopic (exact) mass is 401 g/mol. The van der Waals surface area contributed by atoms with Gasteiger partial charge in [-0.15, -0.1) is 0 Å². The summed E-state index contributed by atoms with van der Waals surface area (Å²) in [7, 11) is 3.21. The Balaban J connectivity index is 1.51. The Hall–Kier alpha value is -2.77. The van der Waals surface area contributed by atoms with Crippen LogP contribution >= 0.6 is 0 Å². The molecule has 0 aliphatic carbocycles. The van der Waals surface area contributed by atoms with Gasteiger partial charge in [0.05, 0.1) is 13.0 Å². The van der Waals surface area contributed by atoms with Gasteiger partial charge in [-0.05, 0) is 43.4 Å². The zero-order chi connectivity index (χ0) is 20.6. The summed E-state index contributed by atoms with van der Waals surface area (Å²) in [6.45, 7) is 3.81. The molecule has 0 saturated carbocycles. The van der Waals surface area contributed by atoms with E-state index in [1.165, 1.54) is 7.11 Å². The zero-order valence-corrected chi connectivity index (χ0v) is 17.3. The van der Waals surface area contributed by atoms with Gasteiger partial charge in [-0.2, -0.15) is 0 Å². The number of carbonyl (C=O) groups is 2. The van der Waals surface area contributed by atoms with E-state index >= 15 is 0 Å². The smallest absolute Gasteiger partial charge is 0.321 e. The molecule has 1 aromatic rings. The highest BCUT2D eigenvalue weighted by molar-refractivity contribution is 5.89. The molecule has 0 bridgehead atoms. The SMILES string of the molecule is CN=C(NCc1cccc(NC(=O)N2CCCC2)c1)N1CCC(C(=O)OC)CC1. The number of ether oxygens (including phenoxy) is 1. The lowest BCUT2D eigenvalue weighted by atomic mass is 9.97. The molecule has 2 aliphatic rings. The second kappa shape index (κ2) is 10.1. The number of urea groups is 1. The van der Waals surface area contributed by atoms with Crippen molar-refractivity contribution >= 4 is 23.6 Å². The molecule has 3 rings (SSSR count). The molecule has 8 nitrogen and oxygen atoms in total. The Morgan fingerprint density at radius 1 is 1.14 bits per heavy atom. The summed E-state index contributed by atoms with van der Waals surface area (Å²) in [5.74, 6) is 0.672. The maximum Gasteiger partial charge on any atom is 0.321 e. The van der Waals surface area contributed by atoms with Gasteiger partial charge in [0.15, 0.2) is 5.96 Å². The van der Waals surface area contributed by atoms with Gasteiger partial charge in [-0.1, -0.05) is 12.1 Å². The predicted molar refractivity (Wildman–Crippen MR) is 113 cm³/mol. The summed E-state index contributed by atoms with van der Waals surface area (Å²) < 4.78 is 4.85. The van der Waals surface area contributed by atoms with Crippen LogP contribution in [0.5, 0.6) is 0 Å². The number of esters is 1. The Kier molecular flexibility index (Phi) is 7.32. The van der Waals surface area contributed by atoms with Crippen molar-refractivity contribution in [3.05, 3.63) is 29.8 Å². The molecule has 0 spiro atoms. The number of hydrogen-bond acceptors (Lipinski definition) is 4. The fraction of sp³-hybridized carbons (Fsp3) is 0.571. The third-order valence-corrected chi connectivity index (χ3v) is 5.56. The number of benzene rings is 1. The Morgan fingerprint density at radius 2 is 1.86 bits per heavy atom. The number of likely N-dealkylation sites (tertiary alicyclic amines) is 2. The van der Waals surface area contributed by atoms with Gasteiger partial charge in [-0.3, -0.25) is 9.79 Å². The van der Waals surface area contributed by atoms with Crippen LogP contribution in [0.4, 0.5) is 10.5 Å². The standard InChI is InChI=1S/C21H31N5O3/c1-22-20(25-12-8-17(9-13-25)19(27)29-2)23-15-16-6-5-7-18(14-16)24-21(28)26-10-3-4-11-26/h5-7,14,17H,3-4,8-13,15H2,1-2H3,(H,22,23)(H,24,28). The summed E-state index contributed by atoms with van der Waals surface area (Å²) in [6, 6.07) is 7.83. The first-order valence-corrected chi connectivity index (χ1v) is 10.3. The first-order valence-electron chi connectivity index (χ1n) is 10.3. The first kappa shape index (κ1) is 21.0. The van der Waals surface area contributed by atoms with Crippen molar-refractivity contribution in [2.24, 2.45) is 10.9 Å². The molecule has 2 aliphatic heterocycles. The molecule has 0 aromatic heterocycles. The lowest BCUT2D eigenvalue weighted by molar-refractivity contribution is -0.146. The van der Waals surface area contributed by atoms with Crippen molar-refractivity contribution in [2.45, 2.75) is 32.2 Å². The zero-order valence-electron chi connectivity index (χ0n) is 17.3. The lowest BCUT2D eigenvalue weighted by Gasteiger charge is -2.33. The number of hydrogen-bond donors (Lipinski definition) is 2. The second-order valence-corrected chi connectivity index (χ2v) is 7.51. The minimum Gasteiger partial charge on any atom is -0.469 e. The topological polar surface area (TPSA) is 86.3 Å². The van der Waals surface area contributed by atoms with Crippen molar-refractivity contribution in [3.63, 3.8) is 0 Å². The van der Waals surface area contributed by atoms with Crippen LogP contribution < -0.4 is 10.6 Å². The molecule has 29 heavy (non-hydrogen) atoms. The van der Waals surface area contributed by atoms with E-state index in [2.05, 4.69) is 20.5 Å². The number of aliphatic imine (C=N–C) groups is 1. The fourth-order valence-corrected chi connectivity index (χ4v) is 3.89. The van der Waals surface area contributed by atoms with E-state index in [-0.39, 0.29) is 17.9 Å². The van der Waals surface area contributed by atoms with Crippen LogP contribution in [0.2, 0.25) is 0 Å². The number of nitrogens with zero attached hydrogens (tertiary/aromatic N) is 3. The van der Waals surface area contributed by atoms with Gasteiger partial charge in [0.25, 0.3) is 0 Å². The Labute approximate surface area is 172 Å². The number of nitrogens with one attached hydrogen (secondary N) is 2. The van der Waals surface area contributed by atoms with E-state index in [1.54, 1.807) is 7.05 Å². The van der Waals surface area contributed by atoms with Crippen molar-refractivity contribution in [3.8, 4) is 0 Å². The third kappa shape index (κ3) is 5.62. The molecule has 2 N–H and O–H groups in total. The minimum atomic E-state index is -0.125. The highest BCUT2D eigenvalue weighted by atomic mass is 16.5. The molecule has 2 saturated heterocycles. The Bertz CT molecular complexity index is 738. The molecule has 2 fully saturated rings. The van der Waals surface area contributed by atoms with Gasteiger partial charge in [0.2, 0.25) is 0 Å². The molecule has 2 amide bonds. The molecular weight excluding hydrogens is 370 g/mol. The normalized spacial score (nSPS) is 17.9. The van der Waals surface area contributed by atoms with Crippen LogP contribution in [0.1, 0.15) is 31.2 Å². The fourth-order valence-electron chi connectivity index (χ4n) is 3.89. The highest BCUT2D eigenvalue weighted by Crippen LogP contribution is 2.19. The molecule has 0 unspecified atom stereocenters. The van der Waals surface area contributed by atoms with Gasteiger partial charge in [0.1, 0.15) is 0 Å². The van der Waals surface area contributed by atoms with E-state index in [1.807, 2.05) is 29.2 Å². The summed E-state index contributed by atoms with van der Waals surface area (Å²) >= 11 is 0. The molecule has 158 valence electrons. The molecular formula is C21H31N5O3. The summed E-state index contributed by atoms with van der Waals surface area (Å²) in [5.41, 5.74) is 1.87. The molecule has 0 radical (unpaired) electrons.